The van der Waals surface area contributed by atoms with Crippen molar-refractivity contribution in [2.75, 3.05) is 5.43 Å². The quantitative estimate of drug-likeness (QED) is 0.678. The molecule has 1 aromatic carbocycles. The Balaban J connectivity index is 2.13. The average Bonchev–Trinajstić information content (AvgIpc) is 2.69. The van der Waals surface area contributed by atoms with Gasteiger partial charge in [-0.05, 0) is 32.0 Å². The third-order valence-corrected chi connectivity index (χ3v) is 3.67. The fourth-order valence-corrected chi connectivity index (χ4v) is 2.37. The first-order valence-electron chi connectivity index (χ1n) is 5.63. The monoisotopic (exact) mass is 278 g/mol. The van der Waals surface area contributed by atoms with Gasteiger partial charge < -0.3 is 0 Å². The van der Waals surface area contributed by atoms with Crippen LogP contribution in [-0.4, -0.2) is 24.6 Å². The number of sulfonamides is 1. The van der Waals surface area contributed by atoms with E-state index in [0.29, 0.717) is 0 Å². The highest BCUT2D eigenvalue weighted by molar-refractivity contribution is 7.90. The van der Waals surface area contributed by atoms with E-state index in [1.807, 2.05) is 19.9 Å². The third kappa shape index (κ3) is 3.19. The molecule has 0 radical (unpaired) electrons. The smallest absolute Gasteiger partial charge is 0.267 e. The fraction of sp³-hybridized carbons (Fsp3) is 0.167. The van der Waals surface area contributed by atoms with Gasteiger partial charge in [-0.3, -0.25) is 5.43 Å². The Hall–Kier alpha value is -2.15. The topological polar surface area (TPSA) is 76.3 Å². The summed E-state index contributed by atoms with van der Waals surface area (Å²) in [6.45, 7) is 3.70. The Morgan fingerprint density at radius 3 is 2.53 bits per heavy atom. The van der Waals surface area contributed by atoms with Crippen LogP contribution in [0.2, 0.25) is 0 Å². The van der Waals surface area contributed by atoms with Gasteiger partial charge in [0.15, 0.2) is 0 Å². The molecule has 0 bridgehead atoms. The molecule has 0 saturated carbocycles. The van der Waals surface area contributed by atoms with E-state index in [4.69, 9.17) is 0 Å². The van der Waals surface area contributed by atoms with Gasteiger partial charge in [0.1, 0.15) is 6.34 Å². The molecule has 0 fully saturated rings. The van der Waals surface area contributed by atoms with Crippen molar-refractivity contribution in [3.8, 4) is 0 Å². The first-order chi connectivity index (χ1) is 8.99. The lowest BCUT2D eigenvalue weighted by molar-refractivity contribution is 0.598. The van der Waals surface area contributed by atoms with Crippen LogP contribution in [0.1, 0.15) is 11.4 Å². The van der Waals surface area contributed by atoms with Crippen molar-refractivity contribution in [2.45, 2.75) is 18.7 Å². The van der Waals surface area contributed by atoms with Crippen LogP contribution in [0.3, 0.4) is 0 Å². The molecule has 1 N–H and O–H groups in total. The van der Waals surface area contributed by atoms with Crippen molar-refractivity contribution in [1.82, 2.24) is 9.89 Å². The number of nitrogens with zero attached hydrogens (tertiary/aromatic N) is 3. The highest BCUT2D eigenvalue weighted by Crippen LogP contribution is 2.10. The first-order valence-corrected chi connectivity index (χ1v) is 7.07. The van der Waals surface area contributed by atoms with Crippen LogP contribution < -0.4 is 5.43 Å². The maximum absolute atomic E-state index is 11.8. The number of hydrogen-bond acceptors (Lipinski definition) is 3. The van der Waals surface area contributed by atoms with Crippen LogP contribution >= 0.6 is 0 Å². The van der Waals surface area contributed by atoms with Crippen molar-refractivity contribution < 1.29 is 8.42 Å². The van der Waals surface area contributed by atoms with Crippen LogP contribution in [0.15, 0.2) is 45.7 Å². The molecule has 6 nitrogen and oxygen atoms in total. The Kier molecular flexibility index (Phi) is 3.66. The molecule has 1 aromatic heterocycles. The van der Waals surface area contributed by atoms with Gasteiger partial charge in [0.2, 0.25) is 0 Å². The molecule has 0 aliphatic carbocycles. The van der Waals surface area contributed by atoms with Crippen molar-refractivity contribution in [2.24, 2.45) is 4.40 Å². The zero-order chi connectivity index (χ0) is 13.9. The van der Waals surface area contributed by atoms with Crippen LogP contribution in [0, 0.1) is 13.8 Å². The summed E-state index contributed by atoms with van der Waals surface area (Å²) < 4.78 is 27.2. The molecule has 0 unspecified atom stereocenters. The average molecular weight is 278 g/mol. The Morgan fingerprint density at radius 1 is 1.26 bits per heavy atom. The standard InChI is InChI=1S/C12H14N4O2S/c1-10-8-11(2)16(15-10)13-9-14-19(17,18)12-6-4-3-5-7-12/h3-9H,1-2H3,(H,13,14). The van der Waals surface area contributed by atoms with Crippen LogP contribution in [0.25, 0.3) is 0 Å². The molecule has 0 saturated heterocycles. The summed E-state index contributed by atoms with van der Waals surface area (Å²) in [4.78, 5) is 1.61. The fourth-order valence-electron chi connectivity index (χ4n) is 1.56. The van der Waals surface area contributed by atoms with Gasteiger partial charge in [-0.25, -0.2) is 0 Å². The summed E-state index contributed by atoms with van der Waals surface area (Å²) in [5.41, 5.74) is 4.39. The molecular weight excluding hydrogens is 264 g/mol. The summed E-state index contributed by atoms with van der Waals surface area (Å²) in [7, 11) is -3.67. The van der Waals surface area contributed by atoms with Gasteiger partial charge in [-0.2, -0.15) is 18.3 Å². The van der Waals surface area contributed by atoms with Gasteiger partial charge in [0, 0.05) is 0 Å². The number of aryl methyl sites for hydroxylation is 2. The van der Waals surface area contributed by atoms with E-state index in [1.54, 1.807) is 18.2 Å². The normalized spacial score (nSPS) is 11.9. The first kappa shape index (κ1) is 13.3. The second-order valence-corrected chi connectivity index (χ2v) is 5.62. The van der Waals surface area contributed by atoms with E-state index >= 15 is 0 Å². The van der Waals surface area contributed by atoms with Gasteiger partial charge in [0.05, 0.1) is 16.3 Å². The number of rotatable bonds is 4. The minimum Gasteiger partial charge on any atom is -0.267 e. The lowest BCUT2D eigenvalue weighted by atomic mass is 10.4. The van der Waals surface area contributed by atoms with E-state index in [9.17, 15) is 8.42 Å². The molecule has 19 heavy (non-hydrogen) atoms. The Morgan fingerprint density at radius 2 is 1.95 bits per heavy atom. The van der Waals surface area contributed by atoms with Crippen molar-refractivity contribution in [1.29, 1.82) is 0 Å². The number of hydrogen-bond donors (Lipinski definition) is 1. The molecule has 0 aliphatic rings. The van der Waals surface area contributed by atoms with E-state index < -0.39 is 10.0 Å². The molecule has 2 aromatic rings. The Bertz CT molecular complexity index is 690. The summed E-state index contributed by atoms with van der Waals surface area (Å²) in [6.07, 6.45) is 1.11. The molecule has 0 atom stereocenters. The van der Waals surface area contributed by atoms with E-state index in [2.05, 4.69) is 14.9 Å². The molecule has 1 heterocycles. The van der Waals surface area contributed by atoms with E-state index in [0.717, 1.165) is 17.7 Å². The summed E-state index contributed by atoms with van der Waals surface area (Å²) in [5.74, 6) is 0. The SMILES string of the molecule is Cc1cc(C)n(NC=NS(=O)(=O)c2ccccc2)n1. The van der Waals surface area contributed by atoms with E-state index in [1.165, 1.54) is 16.9 Å². The lowest BCUT2D eigenvalue weighted by Gasteiger charge is -2.02. The van der Waals surface area contributed by atoms with E-state index in [-0.39, 0.29) is 4.90 Å². The van der Waals surface area contributed by atoms with Crippen LogP contribution in [0.4, 0.5) is 0 Å². The summed E-state index contributed by atoms with van der Waals surface area (Å²) in [5, 5.41) is 4.12. The van der Waals surface area contributed by atoms with Gasteiger partial charge in [-0.1, -0.05) is 18.2 Å². The van der Waals surface area contributed by atoms with Gasteiger partial charge in [-0.15, -0.1) is 4.40 Å². The molecule has 0 amide bonds. The number of benzene rings is 1. The number of aromatic nitrogens is 2. The highest BCUT2D eigenvalue weighted by atomic mass is 32.2. The molecule has 7 heteroatoms. The second kappa shape index (κ2) is 5.23. The molecule has 2 rings (SSSR count). The van der Waals surface area contributed by atoms with Gasteiger partial charge >= 0.3 is 0 Å². The lowest BCUT2D eigenvalue weighted by Crippen LogP contribution is -2.16. The zero-order valence-electron chi connectivity index (χ0n) is 10.6. The molecule has 0 aliphatic heterocycles. The molecule has 100 valence electrons. The summed E-state index contributed by atoms with van der Waals surface area (Å²) in [6, 6.07) is 9.91. The van der Waals surface area contributed by atoms with Crippen LogP contribution in [0.5, 0.6) is 0 Å². The summed E-state index contributed by atoms with van der Waals surface area (Å²) >= 11 is 0. The molecular formula is C12H14N4O2S. The predicted molar refractivity (Wildman–Crippen MR) is 73.2 cm³/mol. The van der Waals surface area contributed by atoms with Crippen molar-refractivity contribution in [3.05, 3.63) is 47.8 Å². The predicted octanol–water partition coefficient (Wildman–Crippen LogP) is 1.46. The van der Waals surface area contributed by atoms with Crippen molar-refractivity contribution >= 4 is 16.4 Å². The van der Waals surface area contributed by atoms with Gasteiger partial charge in [0.25, 0.3) is 10.0 Å². The highest BCUT2D eigenvalue weighted by Gasteiger charge is 2.10. The van der Waals surface area contributed by atoms with Crippen molar-refractivity contribution in [3.63, 3.8) is 0 Å². The minimum atomic E-state index is -3.67. The maximum atomic E-state index is 11.8. The minimum absolute atomic E-state index is 0.154. The van der Waals surface area contributed by atoms with Crippen LogP contribution in [-0.2, 0) is 10.0 Å². The second-order valence-electron chi connectivity index (χ2n) is 3.99. The molecule has 0 spiro atoms. The zero-order valence-corrected chi connectivity index (χ0v) is 11.4. The number of nitrogens with one attached hydrogen (secondary N) is 1. The third-order valence-electron chi connectivity index (χ3n) is 2.42. The Labute approximate surface area is 111 Å². The maximum Gasteiger partial charge on any atom is 0.283 e. The largest absolute Gasteiger partial charge is 0.283 e.